The molecule has 2 saturated carbocycles. The van der Waals surface area contributed by atoms with Gasteiger partial charge in [-0.2, -0.15) is 5.10 Å². The summed E-state index contributed by atoms with van der Waals surface area (Å²) in [5.41, 5.74) is 8.49. The number of fused-ring (bicyclic) bond motifs is 10. The maximum Gasteiger partial charge on any atom is 0.0812 e. The summed E-state index contributed by atoms with van der Waals surface area (Å²) in [5, 5.41) is 12.8. The Bertz CT molecular complexity index is 1190. The molecule has 4 aromatic rings. The van der Waals surface area contributed by atoms with Crippen LogP contribution in [0.15, 0.2) is 42.0 Å². The van der Waals surface area contributed by atoms with Crippen LogP contribution in [-0.2, 0) is 0 Å². The molecule has 3 unspecified atom stereocenters. The molecule has 7 rings (SSSR count). The third-order valence-electron chi connectivity index (χ3n) is 7.39. The molecule has 134 valence electrons. The van der Waals surface area contributed by atoms with Crippen molar-refractivity contribution in [3.05, 3.63) is 53.2 Å². The molecule has 4 nitrogen and oxygen atoms in total. The predicted octanol–water partition coefficient (Wildman–Crippen LogP) is 5.47. The van der Waals surface area contributed by atoms with Crippen LogP contribution >= 0.6 is 11.3 Å². The third-order valence-corrected chi connectivity index (χ3v) is 8.18. The Morgan fingerprint density at radius 2 is 2.04 bits per heavy atom. The molecule has 0 radical (unpaired) electrons. The summed E-state index contributed by atoms with van der Waals surface area (Å²) in [4.78, 5) is 4.46. The van der Waals surface area contributed by atoms with E-state index in [2.05, 4.69) is 50.8 Å². The number of rotatable bonds is 1. The number of H-pyrrole nitrogens is 1. The second-order valence-electron chi connectivity index (χ2n) is 8.50. The van der Waals surface area contributed by atoms with Gasteiger partial charge in [0.2, 0.25) is 0 Å². The number of benzene rings is 2. The lowest BCUT2D eigenvalue weighted by atomic mass is 9.67. The first kappa shape index (κ1) is 14.6. The second kappa shape index (κ2) is 5.10. The summed E-state index contributed by atoms with van der Waals surface area (Å²) < 4.78 is 1.30. The van der Waals surface area contributed by atoms with E-state index < -0.39 is 0 Å². The molecule has 2 N–H and O–H groups in total. The topological polar surface area (TPSA) is 53.6 Å². The van der Waals surface area contributed by atoms with E-state index in [0.29, 0.717) is 17.9 Å². The number of anilines is 1. The van der Waals surface area contributed by atoms with Crippen LogP contribution < -0.4 is 5.32 Å². The fourth-order valence-corrected chi connectivity index (χ4v) is 7.13. The highest BCUT2D eigenvalue weighted by Crippen LogP contribution is 2.64. The van der Waals surface area contributed by atoms with Crippen molar-refractivity contribution in [1.82, 2.24) is 15.2 Å². The maximum atomic E-state index is 4.46. The average molecular weight is 372 g/mol. The summed E-state index contributed by atoms with van der Waals surface area (Å²) in [6, 6.07) is 11.7. The Kier molecular flexibility index (Phi) is 2.77. The van der Waals surface area contributed by atoms with Crippen molar-refractivity contribution in [2.45, 2.75) is 31.2 Å². The molecule has 0 spiro atoms. The molecule has 0 saturated heterocycles. The Hall–Kier alpha value is -2.40. The highest BCUT2D eigenvalue weighted by molar-refractivity contribution is 7.16. The zero-order valence-corrected chi connectivity index (χ0v) is 15.7. The fourth-order valence-electron chi connectivity index (χ4n) is 6.40. The van der Waals surface area contributed by atoms with Crippen LogP contribution in [0.1, 0.15) is 42.3 Å². The maximum absolute atomic E-state index is 4.46. The Balaban J connectivity index is 1.44. The molecular weight excluding hydrogens is 352 g/mol. The van der Waals surface area contributed by atoms with Crippen molar-refractivity contribution >= 4 is 38.1 Å². The molecule has 5 atom stereocenters. The van der Waals surface area contributed by atoms with Gasteiger partial charge in [0.25, 0.3) is 0 Å². The molecule has 0 amide bonds. The van der Waals surface area contributed by atoms with Crippen molar-refractivity contribution in [1.29, 1.82) is 0 Å². The van der Waals surface area contributed by atoms with E-state index in [-0.39, 0.29) is 0 Å². The van der Waals surface area contributed by atoms with Gasteiger partial charge in [0.15, 0.2) is 0 Å². The van der Waals surface area contributed by atoms with Gasteiger partial charge in [0.1, 0.15) is 0 Å². The zero-order chi connectivity index (χ0) is 17.5. The molecule has 3 heterocycles. The smallest absolute Gasteiger partial charge is 0.0812 e. The van der Waals surface area contributed by atoms with Gasteiger partial charge in [-0.1, -0.05) is 6.07 Å². The number of thiazole rings is 1. The Morgan fingerprint density at radius 1 is 1.07 bits per heavy atom. The number of aromatic amines is 1. The minimum Gasteiger partial charge on any atom is -0.378 e. The van der Waals surface area contributed by atoms with Crippen LogP contribution in [0.4, 0.5) is 5.69 Å². The number of hydrogen-bond acceptors (Lipinski definition) is 4. The molecule has 1 aliphatic heterocycles. The van der Waals surface area contributed by atoms with Crippen LogP contribution in [-0.4, -0.2) is 15.2 Å². The van der Waals surface area contributed by atoms with Gasteiger partial charge in [-0.05, 0) is 78.3 Å². The summed E-state index contributed by atoms with van der Waals surface area (Å²) in [7, 11) is 0. The Morgan fingerprint density at radius 3 is 3.04 bits per heavy atom. The lowest BCUT2D eigenvalue weighted by molar-refractivity contribution is 0.249. The highest BCUT2D eigenvalue weighted by atomic mass is 32.1. The first-order chi connectivity index (χ1) is 13.4. The minimum atomic E-state index is 0.397. The SMILES string of the molecule is c1nc2ccc(C3Nc4ccc5[nH]ncc5c4[C@H]4C5CCC(C5)[C@@H]34)cc2s1. The minimum absolute atomic E-state index is 0.397. The van der Waals surface area contributed by atoms with Crippen LogP contribution in [0.25, 0.3) is 21.1 Å². The van der Waals surface area contributed by atoms with E-state index in [4.69, 9.17) is 0 Å². The normalized spacial score (nSPS) is 31.2. The summed E-state index contributed by atoms with van der Waals surface area (Å²) in [6.45, 7) is 0. The Labute approximate surface area is 161 Å². The van der Waals surface area contributed by atoms with E-state index in [9.17, 15) is 0 Å². The van der Waals surface area contributed by atoms with Gasteiger partial charge in [-0.3, -0.25) is 5.10 Å². The van der Waals surface area contributed by atoms with Crippen molar-refractivity contribution in [3.63, 3.8) is 0 Å². The van der Waals surface area contributed by atoms with Crippen molar-refractivity contribution < 1.29 is 0 Å². The summed E-state index contributed by atoms with van der Waals surface area (Å²) in [5.74, 6) is 3.01. The lowest BCUT2D eigenvalue weighted by Gasteiger charge is -2.43. The van der Waals surface area contributed by atoms with Gasteiger partial charge in [0.05, 0.1) is 33.5 Å². The number of nitrogens with zero attached hydrogens (tertiary/aromatic N) is 2. The van der Waals surface area contributed by atoms with E-state index in [1.807, 2.05) is 11.7 Å². The van der Waals surface area contributed by atoms with Crippen LogP contribution in [0.3, 0.4) is 0 Å². The number of nitrogens with one attached hydrogen (secondary N) is 2. The van der Waals surface area contributed by atoms with E-state index in [1.54, 1.807) is 11.3 Å². The second-order valence-corrected chi connectivity index (χ2v) is 9.38. The molecule has 2 bridgehead atoms. The molecule has 2 fully saturated rings. The standard InChI is InChI=1S/C22H20N4S/c1-2-12-7-11(1)19-20(12)22(13-3-4-16-18(8-13)27-10-23-16)25-17-6-5-15-14(21(17)19)9-24-26-15/h3-6,8-12,19-20,22,25H,1-2,7H2,(H,24,26)/t11?,12?,19-,20+,22?/m0/s1. The molecule has 2 aromatic carbocycles. The van der Waals surface area contributed by atoms with Gasteiger partial charge in [-0.25, -0.2) is 4.98 Å². The molecule has 2 aliphatic carbocycles. The monoisotopic (exact) mass is 372 g/mol. The van der Waals surface area contributed by atoms with Gasteiger partial charge in [0, 0.05) is 11.1 Å². The van der Waals surface area contributed by atoms with Crippen LogP contribution in [0, 0.1) is 17.8 Å². The largest absolute Gasteiger partial charge is 0.378 e. The predicted molar refractivity (Wildman–Crippen MR) is 109 cm³/mol. The average Bonchev–Trinajstić information content (AvgIpc) is 3.49. The first-order valence-corrected chi connectivity index (χ1v) is 10.8. The van der Waals surface area contributed by atoms with E-state index in [0.717, 1.165) is 17.4 Å². The van der Waals surface area contributed by atoms with Gasteiger partial charge in [-0.15, -0.1) is 11.3 Å². The molecule has 27 heavy (non-hydrogen) atoms. The number of aromatic nitrogens is 3. The van der Waals surface area contributed by atoms with Crippen LogP contribution in [0.5, 0.6) is 0 Å². The molecule has 5 heteroatoms. The first-order valence-electron chi connectivity index (χ1n) is 9.92. The zero-order valence-electron chi connectivity index (χ0n) is 14.9. The highest BCUT2D eigenvalue weighted by Gasteiger charge is 2.54. The number of hydrogen-bond donors (Lipinski definition) is 2. The van der Waals surface area contributed by atoms with Gasteiger partial charge < -0.3 is 5.32 Å². The lowest BCUT2D eigenvalue weighted by Crippen LogP contribution is -2.35. The van der Waals surface area contributed by atoms with Crippen molar-refractivity contribution in [3.8, 4) is 0 Å². The third kappa shape index (κ3) is 1.88. The summed E-state index contributed by atoms with van der Waals surface area (Å²) >= 11 is 1.74. The summed E-state index contributed by atoms with van der Waals surface area (Å²) in [6.07, 6.45) is 6.20. The molecule has 3 aliphatic rings. The quantitative estimate of drug-likeness (QED) is 0.466. The fraction of sp³-hybridized carbons (Fsp3) is 0.364. The van der Waals surface area contributed by atoms with E-state index in [1.165, 1.54) is 51.7 Å². The van der Waals surface area contributed by atoms with Crippen molar-refractivity contribution in [2.24, 2.45) is 17.8 Å². The van der Waals surface area contributed by atoms with Crippen LogP contribution in [0.2, 0.25) is 0 Å². The molecular formula is C22H20N4S. The molecule has 2 aromatic heterocycles. The van der Waals surface area contributed by atoms with Crippen molar-refractivity contribution in [2.75, 3.05) is 5.32 Å². The van der Waals surface area contributed by atoms with Gasteiger partial charge >= 0.3 is 0 Å². The van der Waals surface area contributed by atoms with E-state index >= 15 is 0 Å².